The van der Waals surface area contributed by atoms with E-state index in [1.165, 1.54) is 34.9 Å². The first-order chi connectivity index (χ1) is 9.36. The number of rotatable bonds is 7. The standard InChI is InChI=1S/C17H23NS/c1-3-4-12-19-13-17(18-2)16-11-7-9-14-8-5-6-10-15(14)16/h5-11,17-18H,3-4,12-13H2,1-2H3. The van der Waals surface area contributed by atoms with Gasteiger partial charge in [-0.1, -0.05) is 55.8 Å². The van der Waals surface area contributed by atoms with Crippen LogP contribution in [0.1, 0.15) is 31.4 Å². The monoisotopic (exact) mass is 273 g/mol. The predicted molar refractivity (Wildman–Crippen MR) is 88.0 cm³/mol. The maximum Gasteiger partial charge on any atom is 0.0415 e. The molecule has 2 heteroatoms. The van der Waals surface area contributed by atoms with E-state index in [0.717, 1.165) is 5.75 Å². The topological polar surface area (TPSA) is 12.0 Å². The van der Waals surface area contributed by atoms with Crippen molar-refractivity contribution in [2.45, 2.75) is 25.8 Å². The summed E-state index contributed by atoms with van der Waals surface area (Å²) >= 11 is 2.05. The lowest BCUT2D eigenvalue weighted by atomic mass is 10.00. The Kier molecular flexibility index (Phi) is 5.74. The Hall–Kier alpha value is -0.990. The number of hydrogen-bond donors (Lipinski definition) is 1. The van der Waals surface area contributed by atoms with Crippen molar-refractivity contribution >= 4 is 22.5 Å². The Morgan fingerprint density at radius 2 is 1.89 bits per heavy atom. The van der Waals surface area contributed by atoms with Crippen LogP contribution in [-0.4, -0.2) is 18.6 Å². The summed E-state index contributed by atoms with van der Waals surface area (Å²) < 4.78 is 0. The fourth-order valence-corrected chi connectivity index (χ4v) is 3.57. The normalized spacial score (nSPS) is 12.7. The van der Waals surface area contributed by atoms with Gasteiger partial charge >= 0.3 is 0 Å². The molecule has 0 aliphatic rings. The van der Waals surface area contributed by atoms with Gasteiger partial charge < -0.3 is 5.32 Å². The third kappa shape index (κ3) is 3.74. The lowest BCUT2D eigenvalue weighted by Gasteiger charge is -2.18. The smallest absolute Gasteiger partial charge is 0.0415 e. The zero-order valence-corrected chi connectivity index (χ0v) is 12.7. The highest BCUT2D eigenvalue weighted by Crippen LogP contribution is 2.26. The fraction of sp³-hybridized carbons (Fsp3) is 0.412. The molecular formula is C17H23NS. The molecule has 19 heavy (non-hydrogen) atoms. The molecule has 2 rings (SSSR count). The lowest BCUT2D eigenvalue weighted by Crippen LogP contribution is -2.19. The van der Waals surface area contributed by atoms with Crippen LogP contribution in [0.3, 0.4) is 0 Å². The number of hydrogen-bond acceptors (Lipinski definition) is 2. The molecular weight excluding hydrogens is 250 g/mol. The summed E-state index contributed by atoms with van der Waals surface area (Å²) in [5.41, 5.74) is 1.42. The van der Waals surface area contributed by atoms with Crippen molar-refractivity contribution in [1.82, 2.24) is 5.32 Å². The summed E-state index contributed by atoms with van der Waals surface area (Å²) in [4.78, 5) is 0. The molecule has 2 aromatic rings. The molecule has 0 aliphatic carbocycles. The largest absolute Gasteiger partial charge is 0.312 e. The second-order valence-corrected chi connectivity index (χ2v) is 5.99. The molecule has 0 saturated heterocycles. The molecule has 0 radical (unpaired) electrons. The molecule has 0 amide bonds. The van der Waals surface area contributed by atoms with Gasteiger partial charge in [0.2, 0.25) is 0 Å². The molecule has 0 aromatic heterocycles. The van der Waals surface area contributed by atoms with Gasteiger partial charge in [0.25, 0.3) is 0 Å². The van der Waals surface area contributed by atoms with Crippen LogP contribution in [0.2, 0.25) is 0 Å². The zero-order chi connectivity index (χ0) is 13.5. The van der Waals surface area contributed by atoms with E-state index in [4.69, 9.17) is 0 Å². The van der Waals surface area contributed by atoms with E-state index in [1.807, 2.05) is 0 Å². The molecule has 2 aromatic carbocycles. The van der Waals surface area contributed by atoms with Crippen molar-refractivity contribution in [2.24, 2.45) is 0 Å². The van der Waals surface area contributed by atoms with Crippen LogP contribution in [0.5, 0.6) is 0 Å². The molecule has 0 spiro atoms. The minimum absolute atomic E-state index is 0.438. The van der Waals surface area contributed by atoms with Crippen molar-refractivity contribution in [2.75, 3.05) is 18.6 Å². The zero-order valence-electron chi connectivity index (χ0n) is 11.9. The van der Waals surface area contributed by atoms with Gasteiger partial charge in [-0.2, -0.15) is 11.8 Å². The van der Waals surface area contributed by atoms with Crippen molar-refractivity contribution in [3.05, 3.63) is 48.0 Å². The van der Waals surface area contributed by atoms with Gasteiger partial charge in [0.05, 0.1) is 0 Å². The predicted octanol–water partition coefficient (Wildman–Crippen LogP) is 4.63. The molecule has 0 saturated carbocycles. The highest BCUT2D eigenvalue weighted by Gasteiger charge is 2.11. The van der Waals surface area contributed by atoms with Crippen LogP contribution < -0.4 is 5.32 Å². The molecule has 0 fully saturated rings. The Labute approximate surface area is 120 Å². The molecule has 1 atom stereocenters. The van der Waals surface area contributed by atoms with Crippen LogP contribution in [0.25, 0.3) is 10.8 Å². The SMILES string of the molecule is CCCCSCC(NC)c1cccc2ccccc12. The first-order valence-electron chi connectivity index (χ1n) is 7.09. The average molecular weight is 273 g/mol. The lowest BCUT2D eigenvalue weighted by molar-refractivity contribution is 0.666. The van der Waals surface area contributed by atoms with Crippen LogP contribution in [0, 0.1) is 0 Å². The highest BCUT2D eigenvalue weighted by atomic mass is 32.2. The summed E-state index contributed by atoms with van der Waals surface area (Å²) in [6, 6.07) is 15.7. The van der Waals surface area contributed by atoms with Crippen molar-refractivity contribution in [3.8, 4) is 0 Å². The molecule has 1 N–H and O–H groups in total. The molecule has 0 bridgehead atoms. The first-order valence-corrected chi connectivity index (χ1v) is 8.25. The maximum absolute atomic E-state index is 3.47. The van der Waals surface area contributed by atoms with E-state index in [1.54, 1.807) is 0 Å². The summed E-state index contributed by atoms with van der Waals surface area (Å²) in [5.74, 6) is 2.41. The Bertz CT molecular complexity index is 504. The van der Waals surface area contributed by atoms with E-state index >= 15 is 0 Å². The number of benzene rings is 2. The summed E-state index contributed by atoms with van der Waals surface area (Å²) in [7, 11) is 2.06. The van der Waals surface area contributed by atoms with Gasteiger partial charge in [0, 0.05) is 11.8 Å². The molecule has 0 heterocycles. The van der Waals surface area contributed by atoms with E-state index in [9.17, 15) is 0 Å². The van der Waals surface area contributed by atoms with Gasteiger partial charge in [-0.15, -0.1) is 0 Å². The van der Waals surface area contributed by atoms with Crippen molar-refractivity contribution in [3.63, 3.8) is 0 Å². The molecule has 1 nitrogen and oxygen atoms in total. The van der Waals surface area contributed by atoms with Crippen LogP contribution >= 0.6 is 11.8 Å². The Morgan fingerprint density at radius 3 is 2.68 bits per heavy atom. The first kappa shape index (κ1) is 14.4. The second kappa shape index (κ2) is 7.56. The molecule has 1 unspecified atom stereocenters. The summed E-state index contributed by atoms with van der Waals surface area (Å²) in [5, 5.41) is 6.17. The average Bonchev–Trinajstić information content (AvgIpc) is 2.47. The van der Waals surface area contributed by atoms with Gasteiger partial charge in [-0.25, -0.2) is 0 Å². The minimum Gasteiger partial charge on any atom is -0.312 e. The Morgan fingerprint density at radius 1 is 1.11 bits per heavy atom. The third-order valence-electron chi connectivity index (χ3n) is 3.47. The number of unbranched alkanes of at least 4 members (excludes halogenated alkanes) is 1. The van der Waals surface area contributed by atoms with E-state index in [2.05, 4.69) is 73.5 Å². The fourth-order valence-electron chi connectivity index (χ4n) is 2.33. The van der Waals surface area contributed by atoms with Crippen molar-refractivity contribution in [1.29, 1.82) is 0 Å². The highest BCUT2D eigenvalue weighted by molar-refractivity contribution is 7.99. The minimum atomic E-state index is 0.438. The molecule has 0 aliphatic heterocycles. The number of thioether (sulfide) groups is 1. The van der Waals surface area contributed by atoms with Crippen LogP contribution in [-0.2, 0) is 0 Å². The maximum atomic E-state index is 3.47. The Balaban J connectivity index is 2.16. The van der Waals surface area contributed by atoms with Gasteiger partial charge in [-0.05, 0) is 35.6 Å². The van der Waals surface area contributed by atoms with Gasteiger partial charge in [0.15, 0.2) is 0 Å². The summed E-state index contributed by atoms with van der Waals surface area (Å²) in [6.45, 7) is 2.25. The summed E-state index contributed by atoms with van der Waals surface area (Å²) in [6.07, 6.45) is 2.60. The van der Waals surface area contributed by atoms with E-state index in [0.29, 0.717) is 6.04 Å². The number of fused-ring (bicyclic) bond motifs is 1. The molecule has 102 valence electrons. The van der Waals surface area contributed by atoms with Gasteiger partial charge in [0.1, 0.15) is 0 Å². The van der Waals surface area contributed by atoms with E-state index in [-0.39, 0.29) is 0 Å². The van der Waals surface area contributed by atoms with Crippen LogP contribution in [0.15, 0.2) is 42.5 Å². The van der Waals surface area contributed by atoms with Crippen molar-refractivity contribution < 1.29 is 0 Å². The number of nitrogens with one attached hydrogen (secondary N) is 1. The second-order valence-electron chi connectivity index (χ2n) is 4.84. The van der Waals surface area contributed by atoms with E-state index < -0.39 is 0 Å². The van der Waals surface area contributed by atoms with Crippen LogP contribution in [0.4, 0.5) is 0 Å². The third-order valence-corrected chi connectivity index (χ3v) is 4.62. The van der Waals surface area contributed by atoms with Gasteiger partial charge in [-0.3, -0.25) is 0 Å². The quantitative estimate of drug-likeness (QED) is 0.738.